The summed E-state index contributed by atoms with van der Waals surface area (Å²) in [7, 11) is 1.58. The number of methoxy groups -OCH3 is 1. The minimum Gasteiger partial charge on any atom is -0.443 e. The van der Waals surface area contributed by atoms with Gasteiger partial charge in [0.1, 0.15) is 11.2 Å². The highest BCUT2D eigenvalue weighted by Gasteiger charge is 2.48. The molecule has 0 bridgehead atoms. The standard InChI is InChI=1S/C23H34BrNO4/c1-15(2)16(3)10-11-23(27,14-28-7)20-13-17-12-18(24)8-9-19(17)25(20)21(26)29-22(4,5)6/h8-9,12,20,27H,10-11,13-14H2,1-7H3/t20-,23+/m0/s1. The summed E-state index contributed by atoms with van der Waals surface area (Å²) < 4.78 is 12.0. The number of ether oxygens (including phenoxy) is 2. The number of carbonyl (C=O) groups excluding carboxylic acids is 1. The number of hydrogen-bond acceptors (Lipinski definition) is 4. The quantitative estimate of drug-likeness (QED) is 0.550. The number of hydrogen-bond donors (Lipinski definition) is 1. The van der Waals surface area contributed by atoms with Crippen LogP contribution in [0.25, 0.3) is 0 Å². The second-order valence-corrected chi connectivity index (χ2v) is 10.1. The fourth-order valence-electron chi connectivity index (χ4n) is 3.63. The lowest BCUT2D eigenvalue weighted by Crippen LogP contribution is -2.57. The summed E-state index contributed by atoms with van der Waals surface area (Å²) >= 11 is 3.51. The first-order valence-corrected chi connectivity index (χ1v) is 10.8. The molecule has 6 heteroatoms. The highest BCUT2D eigenvalue weighted by Crippen LogP contribution is 2.41. The number of anilines is 1. The molecule has 1 amide bonds. The molecule has 1 aliphatic heterocycles. The minimum atomic E-state index is -1.20. The van der Waals surface area contributed by atoms with Gasteiger partial charge in [0.2, 0.25) is 0 Å². The smallest absolute Gasteiger partial charge is 0.415 e. The van der Waals surface area contributed by atoms with Crippen molar-refractivity contribution >= 4 is 27.7 Å². The monoisotopic (exact) mass is 467 g/mol. The third-order valence-corrected chi connectivity index (χ3v) is 5.91. The molecular weight excluding hydrogens is 434 g/mol. The van der Waals surface area contributed by atoms with Crippen LogP contribution < -0.4 is 4.90 Å². The summed E-state index contributed by atoms with van der Waals surface area (Å²) in [4.78, 5) is 14.8. The molecule has 29 heavy (non-hydrogen) atoms. The van der Waals surface area contributed by atoms with E-state index in [1.54, 1.807) is 12.0 Å². The Kier molecular flexibility index (Phi) is 7.57. The van der Waals surface area contributed by atoms with Gasteiger partial charge >= 0.3 is 6.09 Å². The number of allylic oxidation sites excluding steroid dienone is 2. The van der Waals surface area contributed by atoms with Crippen molar-refractivity contribution in [1.82, 2.24) is 0 Å². The van der Waals surface area contributed by atoms with Crippen molar-refractivity contribution in [3.05, 3.63) is 39.4 Å². The predicted molar refractivity (Wildman–Crippen MR) is 120 cm³/mol. The Hall–Kier alpha value is -1.37. The van der Waals surface area contributed by atoms with Crippen LogP contribution >= 0.6 is 15.9 Å². The first kappa shape index (κ1) is 23.9. The molecule has 0 unspecified atom stereocenters. The fourth-order valence-corrected chi connectivity index (χ4v) is 4.03. The molecule has 0 aromatic heterocycles. The van der Waals surface area contributed by atoms with Crippen LogP contribution in [0.3, 0.4) is 0 Å². The van der Waals surface area contributed by atoms with Crippen molar-refractivity contribution in [1.29, 1.82) is 0 Å². The number of benzene rings is 1. The lowest BCUT2D eigenvalue weighted by molar-refractivity contribution is -0.0559. The summed E-state index contributed by atoms with van der Waals surface area (Å²) in [5.41, 5.74) is 2.43. The molecule has 0 fully saturated rings. The third-order valence-electron chi connectivity index (χ3n) is 5.42. The van der Waals surface area contributed by atoms with Crippen LogP contribution in [0, 0.1) is 0 Å². The summed E-state index contributed by atoms with van der Waals surface area (Å²) in [5, 5.41) is 11.7. The molecule has 0 saturated carbocycles. The van der Waals surface area contributed by atoms with E-state index in [1.807, 2.05) is 39.0 Å². The molecule has 2 rings (SSSR count). The molecule has 0 radical (unpaired) electrons. The zero-order valence-corrected chi connectivity index (χ0v) is 20.2. The average molecular weight is 468 g/mol. The van der Waals surface area contributed by atoms with Gasteiger partial charge in [0.15, 0.2) is 0 Å². The number of rotatable bonds is 6. The van der Waals surface area contributed by atoms with E-state index in [4.69, 9.17) is 9.47 Å². The van der Waals surface area contributed by atoms with Gasteiger partial charge in [0, 0.05) is 11.6 Å². The minimum absolute atomic E-state index is 0.141. The van der Waals surface area contributed by atoms with Crippen molar-refractivity contribution in [3.8, 4) is 0 Å². The summed E-state index contributed by atoms with van der Waals surface area (Å²) in [6, 6.07) is 5.34. The zero-order chi connectivity index (χ0) is 22.0. The van der Waals surface area contributed by atoms with E-state index >= 15 is 0 Å². The molecule has 0 aliphatic carbocycles. The van der Waals surface area contributed by atoms with Crippen molar-refractivity contribution in [2.75, 3.05) is 18.6 Å². The summed E-state index contributed by atoms with van der Waals surface area (Å²) in [6.07, 6.45) is 1.33. The summed E-state index contributed by atoms with van der Waals surface area (Å²) in [6.45, 7) is 11.9. The van der Waals surface area contributed by atoms with E-state index in [-0.39, 0.29) is 6.61 Å². The van der Waals surface area contributed by atoms with Crippen LogP contribution in [-0.2, 0) is 15.9 Å². The second-order valence-electron chi connectivity index (χ2n) is 9.16. The molecule has 5 nitrogen and oxygen atoms in total. The van der Waals surface area contributed by atoms with Crippen LogP contribution in [-0.4, -0.2) is 42.2 Å². The van der Waals surface area contributed by atoms with E-state index < -0.39 is 23.3 Å². The Labute approximate surface area is 183 Å². The van der Waals surface area contributed by atoms with Gasteiger partial charge in [-0.1, -0.05) is 27.1 Å². The van der Waals surface area contributed by atoms with Crippen LogP contribution in [0.15, 0.2) is 33.8 Å². The molecule has 1 N–H and O–H groups in total. The van der Waals surface area contributed by atoms with Gasteiger partial charge in [-0.15, -0.1) is 0 Å². The highest BCUT2D eigenvalue weighted by atomic mass is 79.9. The van der Waals surface area contributed by atoms with Gasteiger partial charge < -0.3 is 14.6 Å². The molecule has 1 aromatic carbocycles. The SMILES string of the molecule is COC[C@](O)(CCC(C)=C(C)C)[C@@H]1Cc2cc(Br)ccc2N1C(=O)OC(C)(C)C. The fraction of sp³-hybridized carbons (Fsp3) is 0.609. The van der Waals surface area contributed by atoms with Gasteiger partial charge in [-0.05, 0) is 84.6 Å². The van der Waals surface area contributed by atoms with Crippen molar-refractivity contribution < 1.29 is 19.4 Å². The topological polar surface area (TPSA) is 59.0 Å². The molecule has 0 spiro atoms. The normalized spacial score (nSPS) is 18.2. The molecule has 0 saturated heterocycles. The number of amides is 1. The Morgan fingerprint density at radius 3 is 2.48 bits per heavy atom. The maximum atomic E-state index is 13.1. The van der Waals surface area contributed by atoms with Crippen molar-refractivity contribution in [2.24, 2.45) is 0 Å². The largest absolute Gasteiger partial charge is 0.443 e. The highest BCUT2D eigenvalue weighted by molar-refractivity contribution is 9.10. The zero-order valence-electron chi connectivity index (χ0n) is 18.6. The van der Waals surface area contributed by atoms with E-state index in [9.17, 15) is 9.90 Å². The molecule has 1 aromatic rings. The Morgan fingerprint density at radius 2 is 1.93 bits per heavy atom. The third kappa shape index (κ3) is 5.83. The molecule has 162 valence electrons. The van der Waals surface area contributed by atoms with Crippen molar-refractivity contribution in [3.63, 3.8) is 0 Å². The predicted octanol–water partition coefficient (Wildman–Crippen LogP) is 5.63. The average Bonchev–Trinajstić information content (AvgIpc) is 2.97. The van der Waals surface area contributed by atoms with Gasteiger partial charge in [-0.25, -0.2) is 4.79 Å². The molecule has 2 atom stereocenters. The number of halogens is 1. The molecule has 1 aliphatic rings. The van der Waals surface area contributed by atoms with Crippen LogP contribution in [0.5, 0.6) is 0 Å². The number of nitrogens with zero attached hydrogens (tertiary/aromatic N) is 1. The number of aliphatic hydroxyl groups is 1. The van der Waals surface area contributed by atoms with E-state index in [2.05, 4.69) is 36.7 Å². The Bertz CT molecular complexity index is 780. The van der Waals surface area contributed by atoms with Crippen LogP contribution in [0.4, 0.5) is 10.5 Å². The van der Waals surface area contributed by atoms with Gasteiger partial charge in [0.25, 0.3) is 0 Å². The first-order valence-electron chi connectivity index (χ1n) is 10.0. The van der Waals surface area contributed by atoms with E-state index in [0.717, 1.165) is 22.1 Å². The lowest BCUT2D eigenvalue weighted by Gasteiger charge is -2.39. The Balaban J connectivity index is 2.44. The number of carbonyl (C=O) groups is 1. The summed E-state index contributed by atoms with van der Waals surface area (Å²) in [5.74, 6) is 0. The molecule has 1 heterocycles. The van der Waals surface area contributed by atoms with E-state index in [1.165, 1.54) is 11.1 Å². The number of fused-ring (bicyclic) bond motifs is 1. The van der Waals surface area contributed by atoms with Crippen LogP contribution in [0.1, 0.15) is 59.9 Å². The van der Waals surface area contributed by atoms with Gasteiger partial charge in [-0.2, -0.15) is 0 Å². The lowest BCUT2D eigenvalue weighted by atomic mass is 9.85. The van der Waals surface area contributed by atoms with Crippen molar-refractivity contribution in [2.45, 2.75) is 78.0 Å². The first-order chi connectivity index (χ1) is 13.4. The maximum absolute atomic E-state index is 13.1. The second kappa shape index (κ2) is 9.19. The van der Waals surface area contributed by atoms with Crippen LogP contribution in [0.2, 0.25) is 0 Å². The van der Waals surface area contributed by atoms with Gasteiger partial charge in [-0.3, -0.25) is 4.90 Å². The maximum Gasteiger partial charge on any atom is 0.415 e. The van der Waals surface area contributed by atoms with Gasteiger partial charge in [0.05, 0.1) is 18.3 Å². The van der Waals surface area contributed by atoms with E-state index in [0.29, 0.717) is 12.8 Å². The Morgan fingerprint density at radius 1 is 1.28 bits per heavy atom. The molecular formula is C23H34BrNO4.